The number of hydrogen-bond donors (Lipinski definition) is 0. The van der Waals surface area contributed by atoms with E-state index in [0.29, 0.717) is 0 Å². The number of rotatable bonds is 16. The number of fused-ring (bicyclic) bond motifs is 1. The van der Waals surface area contributed by atoms with Gasteiger partial charge in [0.05, 0.1) is 0 Å². The van der Waals surface area contributed by atoms with Gasteiger partial charge in [0.2, 0.25) is 0 Å². The highest BCUT2D eigenvalue weighted by Gasteiger charge is 2.45. The summed E-state index contributed by atoms with van der Waals surface area (Å²) in [5.74, 6) is 0. The van der Waals surface area contributed by atoms with Crippen LogP contribution in [0.3, 0.4) is 0 Å². The summed E-state index contributed by atoms with van der Waals surface area (Å²) in [6.45, 7) is 0. The molecule has 0 aromatic heterocycles. The molecule has 0 unspecified atom stereocenters. The van der Waals surface area contributed by atoms with Crippen LogP contribution in [0.5, 0.6) is 0 Å². The van der Waals surface area contributed by atoms with E-state index in [4.69, 9.17) is 0 Å². The second-order valence-corrected chi connectivity index (χ2v) is 23.3. The van der Waals surface area contributed by atoms with Gasteiger partial charge in [-0.25, -0.2) is 0 Å². The quantitative estimate of drug-likeness (QED) is 0.0669. The van der Waals surface area contributed by atoms with Gasteiger partial charge in [0.1, 0.15) is 0 Å². The molecule has 0 atom stereocenters. The third-order valence-electron chi connectivity index (χ3n) is 14.2. The lowest BCUT2D eigenvalue weighted by Gasteiger charge is -2.37. The number of hydrogen-bond acceptors (Lipinski definition) is 0. The molecule has 0 saturated heterocycles. The molecule has 0 N–H and O–H groups in total. The van der Waals surface area contributed by atoms with Crippen molar-refractivity contribution < 1.29 is 0 Å². The van der Waals surface area contributed by atoms with Crippen LogP contribution in [-0.4, -0.2) is 8.07 Å². The molecular weight excluding hydrogens is 857 g/mol. The Morgan fingerprint density at radius 3 is 0.743 bits per heavy atom. The van der Waals surface area contributed by atoms with E-state index in [0.717, 1.165) is 44.9 Å². The summed E-state index contributed by atoms with van der Waals surface area (Å²) >= 11 is 0. The van der Waals surface area contributed by atoms with E-state index in [-0.39, 0.29) is 0 Å². The zero-order valence-electron chi connectivity index (χ0n) is 39.9. The summed E-state index contributed by atoms with van der Waals surface area (Å²) in [5, 5.41) is 5.91. The van der Waals surface area contributed by atoms with Gasteiger partial charge in [-0.15, -0.1) is 0 Å². The molecule has 1 heteroatoms. The first kappa shape index (κ1) is 44.7. The second-order valence-electron chi connectivity index (χ2n) is 19.4. The van der Waals surface area contributed by atoms with Crippen molar-refractivity contribution in [1.82, 2.24) is 0 Å². The van der Waals surface area contributed by atoms with E-state index in [2.05, 4.69) is 267 Å². The molecule has 0 nitrogen and oxygen atoms in total. The second kappa shape index (κ2) is 20.8. The zero-order valence-corrected chi connectivity index (χ0v) is 40.9. The lowest BCUT2D eigenvalue weighted by atomic mass is 9.99. The SMILES string of the molecule is C1=C([Si](c2cc(Cc3ccccc3)cc(Cc3ccccc3)c2)(c2cc(Cc3ccccc3)cc(Cc3ccccc3)c2)c2cc(Cc3ccccc3)cc(Cc3ccccc3)c2)Cc2ccccc21. The molecule has 0 aliphatic heterocycles. The minimum Gasteiger partial charge on any atom is -0.0624 e. The molecule has 70 heavy (non-hydrogen) atoms. The van der Waals surface area contributed by atoms with Crippen LogP contribution in [0.25, 0.3) is 6.08 Å². The fourth-order valence-electron chi connectivity index (χ4n) is 11.1. The van der Waals surface area contributed by atoms with Gasteiger partial charge in [-0.3, -0.25) is 0 Å². The fourth-order valence-corrected chi connectivity index (χ4v) is 16.5. The Balaban J connectivity index is 1.24. The van der Waals surface area contributed by atoms with E-state index in [1.54, 1.807) is 5.20 Å². The molecule has 1 aliphatic rings. The first-order valence-corrected chi connectivity index (χ1v) is 27.0. The molecule has 10 aromatic rings. The standard InChI is InChI=1S/C69H58Si/c1-7-21-52(22-8-1)35-58-41-59(36-53-23-9-2-10-24-53)45-66(44-58)70(69-50-64-33-19-20-34-65(64)51-69,67-46-60(37-54-25-11-3-12-26-54)42-61(47-67)38-55-27-13-4-14-28-55)68-48-62(39-56-29-15-5-16-30-56)43-63(49-68)40-57-31-17-6-18-32-57/h1-34,41-50H,35-40,51H2. The van der Waals surface area contributed by atoms with Gasteiger partial charge in [0, 0.05) is 0 Å². The van der Waals surface area contributed by atoms with Crippen molar-refractivity contribution in [2.24, 2.45) is 0 Å². The Morgan fingerprint density at radius 2 is 0.486 bits per heavy atom. The maximum absolute atomic E-state index is 3.22. The molecule has 338 valence electrons. The predicted molar refractivity (Wildman–Crippen MR) is 298 cm³/mol. The number of benzene rings is 10. The average Bonchev–Trinajstić information content (AvgIpc) is 3.83. The molecule has 0 fully saturated rings. The van der Waals surface area contributed by atoms with Crippen LogP contribution >= 0.6 is 0 Å². The van der Waals surface area contributed by atoms with E-state index in [1.807, 2.05) is 0 Å². The van der Waals surface area contributed by atoms with Gasteiger partial charge in [0.15, 0.2) is 8.07 Å². The van der Waals surface area contributed by atoms with Gasteiger partial charge < -0.3 is 0 Å². The zero-order chi connectivity index (χ0) is 47.0. The Kier molecular flexibility index (Phi) is 13.3. The maximum atomic E-state index is 2.64. The van der Waals surface area contributed by atoms with Crippen molar-refractivity contribution in [2.75, 3.05) is 0 Å². The molecule has 10 aromatic carbocycles. The van der Waals surface area contributed by atoms with Gasteiger partial charge in [-0.05, 0) is 138 Å². The van der Waals surface area contributed by atoms with Crippen LogP contribution in [-0.2, 0) is 44.9 Å². The van der Waals surface area contributed by atoms with Crippen molar-refractivity contribution in [3.63, 3.8) is 0 Å². The Morgan fingerprint density at radius 1 is 0.243 bits per heavy atom. The molecule has 0 bridgehead atoms. The van der Waals surface area contributed by atoms with Crippen LogP contribution < -0.4 is 15.6 Å². The monoisotopic (exact) mass is 914 g/mol. The van der Waals surface area contributed by atoms with Gasteiger partial charge in [-0.1, -0.05) is 272 Å². The first-order chi connectivity index (χ1) is 34.6. The molecule has 0 amide bonds. The summed E-state index contributed by atoms with van der Waals surface area (Å²) in [5.41, 5.74) is 18.9. The van der Waals surface area contributed by atoms with Crippen LogP contribution in [0.2, 0.25) is 0 Å². The third kappa shape index (κ3) is 10.3. The fraction of sp³-hybridized carbons (Fsp3) is 0.101. The molecule has 0 spiro atoms. The average molecular weight is 915 g/mol. The third-order valence-corrected chi connectivity index (χ3v) is 19.0. The van der Waals surface area contributed by atoms with E-state index in [1.165, 1.54) is 93.4 Å². The Bertz CT molecular complexity index is 2870. The van der Waals surface area contributed by atoms with Crippen LogP contribution in [0, 0.1) is 0 Å². The highest BCUT2D eigenvalue weighted by Crippen LogP contribution is 2.34. The number of allylic oxidation sites excluding steroid dienone is 1. The normalized spacial score (nSPS) is 12.1. The molecule has 0 saturated carbocycles. The van der Waals surface area contributed by atoms with Crippen molar-refractivity contribution in [1.29, 1.82) is 0 Å². The predicted octanol–water partition coefficient (Wildman–Crippen LogP) is 13.9. The topological polar surface area (TPSA) is 0 Å². The summed E-state index contributed by atoms with van der Waals surface area (Å²) in [6, 6.07) is 98.9. The lowest BCUT2D eigenvalue weighted by Crippen LogP contribution is -2.69. The van der Waals surface area contributed by atoms with Crippen LogP contribution in [0.4, 0.5) is 0 Å². The molecule has 0 radical (unpaired) electrons. The van der Waals surface area contributed by atoms with E-state index in [9.17, 15) is 0 Å². The van der Waals surface area contributed by atoms with Crippen molar-refractivity contribution >= 4 is 29.7 Å². The van der Waals surface area contributed by atoms with Crippen molar-refractivity contribution in [2.45, 2.75) is 44.9 Å². The smallest absolute Gasteiger partial charge is 0.0624 e. The van der Waals surface area contributed by atoms with E-state index < -0.39 is 8.07 Å². The van der Waals surface area contributed by atoms with Gasteiger partial charge in [-0.2, -0.15) is 0 Å². The lowest BCUT2D eigenvalue weighted by molar-refractivity contribution is 1.14. The van der Waals surface area contributed by atoms with Gasteiger partial charge >= 0.3 is 0 Å². The first-order valence-electron chi connectivity index (χ1n) is 25.0. The van der Waals surface area contributed by atoms with E-state index >= 15 is 0 Å². The van der Waals surface area contributed by atoms with Crippen molar-refractivity contribution in [3.05, 3.63) is 344 Å². The van der Waals surface area contributed by atoms with Gasteiger partial charge in [0.25, 0.3) is 0 Å². The van der Waals surface area contributed by atoms with Crippen LogP contribution in [0.1, 0.15) is 77.9 Å². The minimum absolute atomic E-state index is 0.862. The molecule has 0 heterocycles. The summed E-state index contributed by atoms with van der Waals surface area (Å²) in [7, 11) is -3.22. The highest BCUT2D eigenvalue weighted by atomic mass is 28.3. The van der Waals surface area contributed by atoms with Crippen molar-refractivity contribution in [3.8, 4) is 0 Å². The summed E-state index contributed by atoms with van der Waals surface area (Å²) < 4.78 is 0. The highest BCUT2D eigenvalue weighted by molar-refractivity contribution is 7.16. The molecule has 1 aliphatic carbocycles. The summed E-state index contributed by atoms with van der Waals surface area (Å²) in [6.07, 6.45) is 8.70. The maximum Gasteiger partial charge on any atom is 0.176 e. The van der Waals surface area contributed by atoms with Crippen LogP contribution in [0.15, 0.2) is 266 Å². The summed E-state index contributed by atoms with van der Waals surface area (Å²) in [4.78, 5) is 0. The molecule has 11 rings (SSSR count). The Hall–Kier alpha value is -7.84. The minimum atomic E-state index is -3.22. The molecular formula is C69H58Si. The largest absolute Gasteiger partial charge is 0.176 e. The Labute approximate surface area is 416 Å².